The average Bonchev–Trinajstić information content (AvgIpc) is 3.20. The first kappa shape index (κ1) is 13.3. The molecule has 1 atom stereocenters. The van der Waals surface area contributed by atoms with Crippen molar-refractivity contribution in [2.45, 2.75) is 45.6 Å². The lowest BCUT2D eigenvalue weighted by molar-refractivity contribution is 0.390. The van der Waals surface area contributed by atoms with Gasteiger partial charge in [-0.15, -0.1) is 0 Å². The predicted octanol–water partition coefficient (Wildman–Crippen LogP) is 2.11. The number of rotatable bonds is 7. The van der Waals surface area contributed by atoms with E-state index >= 15 is 0 Å². The van der Waals surface area contributed by atoms with Crippen molar-refractivity contribution in [3.63, 3.8) is 0 Å². The van der Waals surface area contributed by atoms with Gasteiger partial charge in [0.05, 0.1) is 12.8 Å². The van der Waals surface area contributed by atoms with E-state index in [2.05, 4.69) is 22.2 Å². The van der Waals surface area contributed by atoms with Crippen LogP contribution in [0.3, 0.4) is 0 Å². The molecule has 1 unspecified atom stereocenters. The van der Waals surface area contributed by atoms with Crippen molar-refractivity contribution in [3.8, 4) is 5.88 Å². The molecule has 1 aromatic rings. The van der Waals surface area contributed by atoms with Gasteiger partial charge >= 0.3 is 0 Å². The van der Waals surface area contributed by atoms with Crippen LogP contribution >= 0.6 is 0 Å². The molecule has 0 aliphatic heterocycles. The molecule has 1 aromatic heterocycles. The number of nitrogens with zero attached hydrogens (tertiary/aromatic N) is 2. The van der Waals surface area contributed by atoms with Gasteiger partial charge in [-0.2, -0.15) is 0 Å². The SMILES string of the molecule is CCCNC(Cc1ncnc(OC)c1C)C1CC1. The summed E-state index contributed by atoms with van der Waals surface area (Å²) in [6.45, 7) is 5.33. The number of hydrogen-bond donors (Lipinski definition) is 1. The fourth-order valence-corrected chi connectivity index (χ4v) is 2.32. The summed E-state index contributed by atoms with van der Waals surface area (Å²) < 4.78 is 5.25. The molecule has 1 N–H and O–H groups in total. The van der Waals surface area contributed by atoms with Gasteiger partial charge in [0.1, 0.15) is 6.33 Å². The Balaban J connectivity index is 2.06. The van der Waals surface area contributed by atoms with Crippen LogP contribution < -0.4 is 10.1 Å². The van der Waals surface area contributed by atoms with Crippen LogP contribution in [0.2, 0.25) is 0 Å². The Morgan fingerprint density at radius 2 is 2.22 bits per heavy atom. The van der Waals surface area contributed by atoms with E-state index in [-0.39, 0.29) is 0 Å². The normalized spacial score (nSPS) is 16.6. The lowest BCUT2D eigenvalue weighted by Gasteiger charge is -2.18. The standard InChI is InChI=1S/C14H23N3O/c1-4-7-15-13(11-5-6-11)8-12-10(2)14(18-3)17-9-16-12/h9,11,13,15H,4-8H2,1-3H3. The smallest absolute Gasteiger partial charge is 0.219 e. The molecule has 0 bridgehead atoms. The molecular weight excluding hydrogens is 226 g/mol. The summed E-state index contributed by atoms with van der Waals surface area (Å²) in [6, 6.07) is 0.559. The summed E-state index contributed by atoms with van der Waals surface area (Å²) in [4.78, 5) is 8.55. The van der Waals surface area contributed by atoms with E-state index in [9.17, 15) is 0 Å². The average molecular weight is 249 g/mol. The Kier molecular flexibility index (Phi) is 4.53. The largest absolute Gasteiger partial charge is 0.481 e. The van der Waals surface area contributed by atoms with Gasteiger partial charge in [-0.25, -0.2) is 9.97 Å². The van der Waals surface area contributed by atoms with Gasteiger partial charge in [-0.3, -0.25) is 0 Å². The number of methoxy groups -OCH3 is 1. The second-order valence-corrected chi connectivity index (χ2v) is 5.06. The summed E-state index contributed by atoms with van der Waals surface area (Å²) in [5.41, 5.74) is 2.19. The molecule has 4 heteroatoms. The third-order valence-corrected chi connectivity index (χ3v) is 3.60. The molecule has 0 saturated heterocycles. The van der Waals surface area contributed by atoms with Crippen LogP contribution in [0.25, 0.3) is 0 Å². The van der Waals surface area contributed by atoms with Crippen LogP contribution in [-0.2, 0) is 6.42 Å². The topological polar surface area (TPSA) is 47.0 Å². The van der Waals surface area contributed by atoms with Crippen LogP contribution in [0.1, 0.15) is 37.4 Å². The zero-order valence-corrected chi connectivity index (χ0v) is 11.6. The van der Waals surface area contributed by atoms with Crippen LogP contribution in [0.15, 0.2) is 6.33 Å². The molecule has 2 rings (SSSR count). The highest BCUT2D eigenvalue weighted by Crippen LogP contribution is 2.34. The minimum Gasteiger partial charge on any atom is -0.481 e. The van der Waals surface area contributed by atoms with Gasteiger partial charge in [0.2, 0.25) is 5.88 Å². The van der Waals surface area contributed by atoms with Crippen molar-refractivity contribution in [1.29, 1.82) is 0 Å². The maximum Gasteiger partial charge on any atom is 0.219 e. The number of nitrogens with one attached hydrogen (secondary N) is 1. The van der Waals surface area contributed by atoms with Crippen molar-refractivity contribution in [1.82, 2.24) is 15.3 Å². The molecule has 0 amide bonds. The highest BCUT2D eigenvalue weighted by Gasteiger charge is 2.31. The van der Waals surface area contributed by atoms with E-state index in [1.165, 1.54) is 19.3 Å². The number of hydrogen-bond acceptors (Lipinski definition) is 4. The maximum atomic E-state index is 5.25. The summed E-state index contributed by atoms with van der Waals surface area (Å²) >= 11 is 0. The molecule has 4 nitrogen and oxygen atoms in total. The first-order valence-corrected chi connectivity index (χ1v) is 6.84. The van der Waals surface area contributed by atoms with Gasteiger partial charge in [-0.1, -0.05) is 6.92 Å². The Labute approximate surface area is 109 Å². The van der Waals surface area contributed by atoms with E-state index in [0.29, 0.717) is 11.9 Å². The second-order valence-electron chi connectivity index (χ2n) is 5.06. The molecular formula is C14H23N3O. The first-order chi connectivity index (χ1) is 8.76. The lowest BCUT2D eigenvalue weighted by Crippen LogP contribution is -2.34. The zero-order chi connectivity index (χ0) is 13.0. The first-order valence-electron chi connectivity index (χ1n) is 6.84. The molecule has 1 saturated carbocycles. The molecule has 0 aromatic carbocycles. The quantitative estimate of drug-likeness (QED) is 0.804. The van der Waals surface area contributed by atoms with Crippen molar-refractivity contribution in [2.75, 3.05) is 13.7 Å². The highest BCUT2D eigenvalue weighted by molar-refractivity contribution is 5.28. The minimum atomic E-state index is 0.559. The van der Waals surface area contributed by atoms with Gasteiger partial charge in [0.15, 0.2) is 0 Å². The molecule has 1 aliphatic carbocycles. The molecule has 0 radical (unpaired) electrons. The number of aromatic nitrogens is 2. The molecule has 18 heavy (non-hydrogen) atoms. The van der Waals surface area contributed by atoms with Crippen molar-refractivity contribution >= 4 is 0 Å². The van der Waals surface area contributed by atoms with E-state index in [1.807, 2.05) is 6.92 Å². The Bertz CT molecular complexity index is 391. The van der Waals surface area contributed by atoms with Gasteiger partial charge < -0.3 is 10.1 Å². The van der Waals surface area contributed by atoms with E-state index < -0.39 is 0 Å². The van der Waals surface area contributed by atoms with Crippen molar-refractivity contribution in [2.24, 2.45) is 5.92 Å². The van der Waals surface area contributed by atoms with Gasteiger partial charge in [0, 0.05) is 18.0 Å². The highest BCUT2D eigenvalue weighted by atomic mass is 16.5. The summed E-state index contributed by atoms with van der Waals surface area (Å²) in [5.74, 6) is 1.53. The second kappa shape index (κ2) is 6.14. The third-order valence-electron chi connectivity index (χ3n) is 3.60. The maximum absolute atomic E-state index is 5.25. The van der Waals surface area contributed by atoms with Crippen LogP contribution in [0.5, 0.6) is 5.88 Å². The minimum absolute atomic E-state index is 0.559. The van der Waals surface area contributed by atoms with Crippen LogP contribution in [0.4, 0.5) is 0 Å². The van der Waals surface area contributed by atoms with Crippen molar-refractivity contribution < 1.29 is 4.74 Å². The fourth-order valence-electron chi connectivity index (χ4n) is 2.32. The van der Waals surface area contributed by atoms with Gasteiger partial charge in [0.25, 0.3) is 0 Å². The summed E-state index contributed by atoms with van der Waals surface area (Å²) in [6.07, 6.45) is 6.46. The lowest BCUT2D eigenvalue weighted by atomic mass is 10.0. The Morgan fingerprint density at radius 1 is 1.44 bits per heavy atom. The Hall–Kier alpha value is -1.16. The zero-order valence-electron chi connectivity index (χ0n) is 11.6. The van der Waals surface area contributed by atoms with Crippen LogP contribution in [-0.4, -0.2) is 29.7 Å². The molecule has 0 spiro atoms. The van der Waals surface area contributed by atoms with E-state index in [1.54, 1.807) is 13.4 Å². The summed E-state index contributed by atoms with van der Waals surface area (Å²) in [5, 5.41) is 3.64. The van der Waals surface area contributed by atoms with E-state index in [4.69, 9.17) is 4.74 Å². The third kappa shape index (κ3) is 3.19. The van der Waals surface area contributed by atoms with Crippen LogP contribution in [0, 0.1) is 12.8 Å². The summed E-state index contributed by atoms with van der Waals surface area (Å²) in [7, 11) is 1.66. The van der Waals surface area contributed by atoms with Crippen molar-refractivity contribution in [3.05, 3.63) is 17.6 Å². The molecule has 1 fully saturated rings. The predicted molar refractivity (Wildman–Crippen MR) is 71.8 cm³/mol. The molecule has 1 heterocycles. The molecule has 100 valence electrons. The fraction of sp³-hybridized carbons (Fsp3) is 0.714. The van der Waals surface area contributed by atoms with E-state index in [0.717, 1.165) is 30.1 Å². The van der Waals surface area contributed by atoms with Gasteiger partial charge in [-0.05, 0) is 38.6 Å². The number of ether oxygens (including phenoxy) is 1. The Morgan fingerprint density at radius 3 is 2.83 bits per heavy atom. The molecule has 1 aliphatic rings. The monoisotopic (exact) mass is 249 g/mol.